The van der Waals surface area contributed by atoms with Crippen LogP contribution < -0.4 is 16.6 Å². The minimum atomic E-state index is 0.306. The van der Waals surface area contributed by atoms with E-state index >= 15 is 0 Å². The summed E-state index contributed by atoms with van der Waals surface area (Å²) >= 11 is 0. The topological polar surface area (TPSA) is 122 Å². The van der Waals surface area contributed by atoms with Gasteiger partial charge >= 0.3 is 0 Å². The molecule has 0 aromatic carbocycles. The van der Waals surface area contributed by atoms with Gasteiger partial charge in [-0.15, -0.1) is 0 Å². The third kappa shape index (κ3) is 1.95. The number of fused-ring (bicyclic) bond motifs is 1. The largest absolute Gasteiger partial charge is 0.337 e. The number of aryl methyl sites for hydroxylation is 2. The number of hydrazine groups is 1. The van der Waals surface area contributed by atoms with Crippen molar-refractivity contribution < 1.29 is 0 Å². The van der Waals surface area contributed by atoms with E-state index < -0.39 is 0 Å². The highest BCUT2D eigenvalue weighted by Crippen LogP contribution is 2.24. The first-order valence-corrected chi connectivity index (χ1v) is 5.62. The van der Waals surface area contributed by atoms with Crippen LogP contribution in [-0.4, -0.2) is 29.9 Å². The number of nitrogen functional groups attached to an aromatic ring is 1. The van der Waals surface area contributed by atoms with Crippen LogP contribution in [0, 0.1) is 6.92 Å². The van der Waals surface area contributed by atoms with Crippen molar-refractivity contribution in [3.63, 3.8) is 0 Å². The second kappa shape index (κ2) is 4.21. The zero-order chi connectivity index (χ0) is 13.4. The third-order valence-electron chi connectivity index (χ3n) is 2.71. The summed E-state index contributed by atoms with van der Waals surface area (Å²) in [6, 6.07) is 0. The normalized spacial score (nSPS) is 10.9. The van der Waals surface area contributed by atoms with Gasteiger partial charge in [0.15, 0.2) is 5.65 Å². The van der Waals surface area contributed by atoms with Gasteiger partial charge < -0.3 is 5.32 Å². The number of hydrogen-bond donors (Lipinski definition) is 4. The predicted octanol–water partition coefficient (Wildman–Crippen LogP) is 0.424. The summed E-state index contributed by atoms with van der Waals surface area (Å²) < 4.78 is 1.73. The van der Waals surface area contributed by atoms with Gasteiger partial charge in [-0.1, -0.05) is 0 Å². The molecule has 0 aliphatic heterocycles. The molecule has 0 saturated heterocycles. The number of nitrogens with one attached hydrogen (secondary N) is 3. The van der Waals surface area contributed by atoms with Gasteiger partial charge in [0.25, 0.3) is 0 Å². The summed E-state index contributed by atoms with van der Waals surface area (Å²) in [6.45, 7) is 1.91. The lowest BCUT2D eigenvalue weighted by Gasteiger charge is -2.06. The maximum absolute atomic E-state index is 5.35. The zero-order valence-corrected chi connectivity index (χ0v) is 10.5. The molecule has 0 spiro atoms. The molecule has 9 nitrogen and oxygen atoms in total. The molecule has 98 valence electrons. The lowest BCUT2D eigenvalue weighted by Crippen LogP contribution is -2.11. The monoisotopic (exact) mass is 259 g/mol. The molecular formula is C10H13N9. The van der Waals surface area contributed by atoms with E-state index in [1.54, 1.807) is 10.9 Å². The van der Waals surface area contributed by atoms with E-state index in [1.807, 2.05) is 20.2 Å². The number of nitrogens with zero attached hydrogens (tertiary/aromatic N) is 5. The first-order valence-electron chi connectivity index (χ1n) is 5.62. The number of aromatic nitrogens is 6. The highest BCUT2D eigenvalue weighted by Gasteiger charge is 2.11. The Morgan fingerprint density at radius 3 is 2.89 bits per heavy atom. The van der Waals surface area contributed by atoms with Gasteiger partial charge in [0.2, 0.25) is 5.95 Å². The molecule has 3 rings (SSSR count). The standard InChI is InChI=1S/C10H13N9/c1-5-7(4-19(2)18-5)13-8-6-3-12-17-9(6)15-10(14-8)16-11/h3-4H,11H2,1-2H3,(H3,12,13,14,15,16,17). The minimum absolute atomic E-state index is 0.306. The van der Waals surface area contributed by atoms with Crippen molar-refractivity contribution in [2.24, 2.45) is 12.9 Å². The van der Waals surface area contributed by atoms with Gasteiger partial charge in [0.05, 0.1) is 23.0 Å². The fourth-order valence-electron chi connectivity index (χ4n) is 1.84. The van der Waals surface area contributed by atoms with Crippen LogP contribution in [0.1, 0.15) is 5.69 Å². The fourth-order valence-corrected chi connectivity index (χ4v) is 1.84. The van der Waals surface area contributed by atoms with Crippen molar-refractivity contribution in [2.75, 3.05) is 10.7 Å². The van der Waals surface area contributed by atoms with Crippen molar-refractivity contribution >= 4 is 28.5 Å². The maximum Gasteiger partial charge on any atom is 0.241 e. The average molecular weight is 259 g/mol. The van der Waals surface area contributed by atoms with Crippen LogP contribution in [0.2, 0.25) is 0 Å². The molecule has 0 aliphatic rings. The second-order valence-electron chi connectivity index (χ2n) is 4.10. The Kier molecular flexibility index (Phi) is 2.53. The van der Waals surface area contributed by atoms with Gasteiger partial charge in [-0.05, 0) is 6.92 Å². The lowest BCUT2D eigenvalue weighted by molar-refractivity contribution is 0.756. The average Bonchev–Trinajstić information content (AvgIpc) is 2.96. The molecule has 0 saturated carbocycles. The van der Waals surface area contributed by atoms with Crippen LogP contribution in [0.4, 0.5) is 17.5 Å². The van der Waals surface area contributed by atoms with Crippen LogP contribution in [0.5, 0.6) is 0 Å². The number of H-pyrrole nitrogens is 1. The molecule has 0 atom stereocenters. The fraction of sp³-hybridized carbons (Fsp3) is 0.200. The highest BCUT2D eigenvalue weighted by atomic mass is 15.3. The molecule has 9 heteroatoms. The van der Waals surface area contributed by atoms with Gasteiger partial charge in [-0.25, -0.2) is 5.84 Å². The van der Waals surface area contributed by atoms with E-state index in [0.717, 1.165) is 16.8 Å². The van der Waals surface area contributed by atoms with Gasteiger partial charge in [-0.3, -0.25) is 15.2 Å². The summed E-state index contributed by atoms with van der Waals surface area (Å²) in [6.07, 6.45) is 3.53. The van der Waals surface area contributed by atoms with Crippen molar-refractivity contribution in [3.8, 4) is 0 Å². The molecule has 19 heavy (non-hydrogen) atoms. The summed E-state index contributed by atoms with van der Waals surface area (Å²) in [5.41, 5.74) is 4.77. The molecule has 0 unspecified atom stereocenters. The van der Waals surface area contributed by atoms with Crippen molar-refractivity contribution in [3.05, 3.63) is 18.1 Å². The number of aromatic amines is 1. The van der Waals surface area contributed by atoms with E-state index in [0.29, 0.717) is 17.4 Å². The Balaban J connectivity index is 2.08. The van der Waals surface area contributed by atoms with Crippen LogP contribution in [0.25, 0.3) is 11.0 Å². The van der Waals surface area contributed by atoms with Crippen LogP contribution in [0.15, 0.2) is 12.4 Å². The first-order chi connectivity index (χ1) is 9.17. The van der Waals surface area contributed by atoms with E-state index in [4.69, 9.17) is 5.84 Å². The van der Waals surface area contributed by atoms with E-state index in [1.165, 1.54) is 0 Å². The Labute approximate surface area is 108 Å². The molecule has 3 aromatic rings. The smallest absolute Gasteiger partial charge is 0.241 e. The summed E-state index contributed by atoms with van der Waals surface area (Å²) in [5, 5.41) is 15.0. The lowest BCUT2D eigenvalue weighted by atomic mass is 10.3. The van der Waals surface area contributed by atoms with E-state index in [-0.39, 0.29) is 0 Å². The Hall–Kier alpha value is -2.68. The van der Waals surface area contributed by atoms with Crippen LogP contribution >= 0.6 is 0 Å². The molecule has 0 fully saturated rings. The molecule has 3 aromatic heterocycles. The number of hydrogen-bond acceptors (Lipinski definition) is 7. The van der Waals surface area contributed by atoms with Gasteiger partial charge in [0, 0.05) is 13.2 Å². The Morgan fingerprint density at radius 1 is 1.37 bits per heavy atom. The Bertz CT molecular complexity index is 726. The molecule has 5 N–H and O–H groups in total. The first kappa shape index (κ1) is 11.4. The molecular weight excluding hydrogens is 246 g/mol. The molecule has 0 aliphatic carbocycles. The number of anilines is 3. The predicted molar refractivity (Wildman–Crippen MR) is 70.7 cm³/mol. The SMILES string of the molecule is Cc1nn(C)cc1Nc1nc(NN)nc2[nH]ncc12. The van der Waals surface area contributed by atoms with E-state index in [9.17, 15) is 0 Å². The maximum atomic E-state index is 5.35. The van der Waals surface area contributed by atoms with Gasteiger partial charge in [-0.2, -0.15) is 20.2 Å². The van der Waals surface area contributed by atoms with Crippen molar-refractivity contribution in [1.82, 2.24) is 29.9 Å². The van der Waals surface area contributed by atoms with Crippen LogP contribution in [0.3, 0.4) is 0 Å². The summed E-state index contributed by atoms with van der Waals surface area (Å²) in [7, 11) is 1.86. The molecule has 0 bridgehead atoms. The zero-order valence-electron chi connectivity index (χ0n) is 10.5. The molecule has 3 heterocycles. The molecule has 0 amide bonds. The number of rotatable bonds is 3. The Morgan fingerprint density at radius 2 is 2.21 bits per heavy atom. The second-order valence-corrected chi connectivity index (χ2v) is 4.10. The minimum Gasteiger partial charge on any atom is -0.337 e. The van der Waals surface area contributed by atoms with E-state index in [2.05, 4.69) is 36.0 Å². The third-order valence-corrected chi connectivity index (χ3v) is 2.71. The summed E-state index contributed by atoms with van der Waals surface area (Å²) in [5.74, 6) is 6.27. The quantitative estimate of drug-likeness (QED) is 0.397. The summed E-state index contributed by atoms with van der Waals surface area (Å²) in [4.78, 5) is 8.44. The van der Waals surface area contributed by atoms with Crippen LogP contribution in [-0.2, 0) is 7.05 Å². The van der Waals surface area contributed by atoms with Crippen molar-refractivity contribution in [2.45, 2.75) is 6.92 Å². The van der Waals surface area contributed by atoms with Crippen molar-refractivity contribution in [1.29, 1.82) is 0 Å². The highest BCUT2D eigenvalue weighted by molar-refractivity contribution is 5.89. The van der Waals surface area contributed by atoms with Gasteiger partial charge in [0.1, 0.15) is 5.82 Å². The molecule has 0 radical (unpaired) electrons. The number of nitrogens with two attached hydrogens (primary N) is 1.